The van der Waals surface area contributed by atoms with Crippen LogP contribution in [0.1, 0.15) is 20.8 Å². The third-order valence-electron chi connectivity index (χ3n) is 6.55. The maximum absolute atomic E-state index is 13.8. The van der Waals surface area contributed by atoms with Gasteiger partial charge < -0.3 is 34.5 Å². The van der Waals surface area contributed by atoms with E-state index in [1.54, 1.807) is 37.3 Å². The zero-order chi connectivity index (χ0) is 29.8. The average Bonchev–Trinajstić information content (AvgIpc) is 3.46. The lowest BCUT2D eigenvalue weighted by molar-refractivity contribution is -0.144. The lowest BCUT2D eigenvalue weighted by Crippen LogP contribution is -2.55. The van der Waals surface area contributed by atoms with Gasteiger partial charge in [0.2, 0.25) is 11.9 Å². The van der Waals surface area contributed by atoms with Crippen LogP contribution in [0.2, 0.25) is 0 Å². The molecule has 1 aromatic carbocycles. The van der Waals surface area contributed by atoms with Gasteiger partial charge in [-0.2, -0.15) is 10.1 Å². The fourth-order valence-electron chi connectivity index (χ4n) is 4.54. The molecule has 0 radical (unpaired) electrons. The van der Waals surface area contributed by atoms with Gasteiger partial charge in [-0.15, -0.1) is 0 Å². The quantitative estimate of drug-likeness (QED) is 0.109. The van der Waals surface area contributed by atoms with Crippen LogP contribution in [0.15, 0.2) is 50.4 Å². The number of carbonyl (C=O) groups is 1. The van der Waals surface area contributed by atoms with Crippen LogP contribution in [-0.4, -0.2) is 96.7 Å². The molecule has 1 saturated heterocycles. The van der Waals surface area contributed by atoms with E-state index in [2.05, 4.69) is 30.1 Å². The number of aliphatic hydroxyl groups is 1. The Kier molecular flexibility index (Phi) is 9.17. The van der Waals surface area contributed by atoms with Gasteiger partial charge in [0, 0.05) is 4.91 Å². The van der Waals surface area contributed by atoms with Gasteiger partial charge in [-0.05, 0) is 38.4 Å². The Balaban J connectivity index is 1.56. The topological polar surface area (TPSA) is 228 Å². The minimum atomic E-state index is -4.26. The molecule has 41 heavy (non-hydrogen) atoms. The van der Waals surface area contributed by atoms with Gasteiger partial charge in [0.15, 0.2) is 12.2 Å². The molecule has 4 rings (SSSR count). The highest BCUT2D eigenvalue weighted by Gasteiger charge is 2.58. The van der Waals surface area contributed by atoms with Crippen LogP contribution in [0.3, 0.4) is 0 Å². The van der Waals surface area contributed by atoms with E-state index in [1.807, 2.05) is 0 Å². The van der Waals surface area contributed by atoms with Crippen LogP contribution in [0.5, 0.6) is 5.75 Å². The molecule has 222 valence electrons. The smallest absolute Gasteiger partial charge is 0.459 e. The van der Waals surface area contributed by atoms with Gasteiger partial charge in [-0.3, -0.25) is 14.3 Å². The van der Waals surface area contributed by atoms with Gasteiger partial charge in [0.25, 0.3) is 0 Å². The highest BCUT2D eigenvalue weighted by molar-refractivity contribution is 7.52. The summed E-state index contributed by atoms with van der Waals surface area (Å²) in [6, 6.07) is 6.47. The molecule has 0 aliphatic carbocycles. The maximum Gasteiger partial charge on any atom is 0.459 e. The number of para-hydroxylation sites is 1. The number of azide groups is 1. The zero-order valence-electron chi connectivity index (χ0n) is 22.8. The number of rotatable bonds is 11. The number of nitrogens with zero attached hydrogens (tertiary/aromatic N) is 7. The molecule has 0 bridgehead atoms. The number of hydrogen-bond donors (Lipinski definition) is 3. The van der Waals surface area contributed by atoms with E-state index in [9.17, 15) is 20.0 Å². The number of methoxy groups -OCH3 is 1. The summed E-state index contributed by atoms with van der Waals surface area (Å²) in [5.74, 6) is -0.295. The minimum absolute atomic E-state index is 0.0525. The summed E-state index contributed by atoms with van der Waals surface area (Å²) in [5, 5.41) is 17.7. The van der Waals surface area contributed by atoms with Crippen LogP contribution in [0.4, 0.5) is 0 Å². The summed E-state index contributed by atoms with van der Waals surface area (Å²) >= 11 is 0. The second kappa shape index (κ2) is 12.4. The Morgan fingerprint density at radius 2 is 2.15 bits per heavy atom. The van der Waals surface area contributed by atoms with Crippen LogP contribution in [-0.2, 0) is 28.1 Å². The molecule has 1 fully saturated rings. The molecule has 3 heterocycles. The molecule has 8 atom stereocenters. The monoisotopic (exact) mass is 593 g/mol. The van der Waals surface area contributed by atoms with E-state index in [1.165, 1.54) is 32.2 Å². The Morgan fingerprint density at radius 3 is 2.80 bits per heavy atom. The second-order valence-corrected chi connectivity index (χ2v) is 11.1. The molecule has 0 amide bonds. The molecular formula is C23H32N9O8P. The number of esters is 1. The van der Waals surface area contributed by atoms with Gasteiger partial charge in [-0.1, -0.05) is 23.3 Å². The van der Waals surface area contributed by atoms with E-state index < -0.39 is 62.5 Å². The molecule has 3 unspecified atom stereocenters. The van der Waals surface area contributed by atoms with Gasteiger partial charge in [-0.25, -0.2) is 9.56 Å². The first-order valence-corrected chi connectivity index (χ1v) is 14.2. The Morgan fingerprint density at radius 1 is 1.41 bits per heavy atom. The number of carbonyl (C=O) groups excluding carboxylic acids is 1. The number of ether oxygens (including phenoxy) is 3. The number of fused-ring (bicyclic) bond motifs is 1. The summed E-state index contributed by atoms with van der Waals surface area (Å²) < 4.78 is 41.5. The molecule has 3 aliphatic rings. The summed E-state index contributed by atoms with van der Waals surface area (Å²) in [5.41, 5.74) is 13.6. The maximum atomic E-state index is 13.8. The highest BCUT2D eigenvalue weighted by Crippen LogP contribution is 2.47. The summed E-state index contributed by atoms with van der Waals surface area (Å²) in [6.45, 7) is 4.20. The predicted molar refractivity (Wildman–Crippen MR) is 146 cm³/mol. The minimum Gasteiger partial charge on any atom is -0.482 e. The molecule has 0 saturated carbocycles. The van der Waals surface area contributed by atoms with Crippen molar-refractivity contribution in [3.63, 3.8) is 0 Å². The first kappa shape index (κ1) is 30.2. The average molecular weight is 594 g/mol. The van der Waals surface area contributed by atoms with Crippen LogP contribution in [0.25, 0.3) is 10.4 Å². The van der Waals surface area contributed by atoms with Crippen molar-refractivity contribution in [2.45, 2.75) is 63.0 Å². The van der Waals surface area contributed by atoms with E-state index in [0.29, 0.717) is 0 Å². The molecule has 1 aromatic rings. The van der Waals surface area contributed by atoms with Crippen LogP contribution in [0, 0.1) is 0 Å². The van der Waals surface area contributed by atoms with Crippen molar-refractivity contribution in [3.8, 4) is 5.75 Å². The zero-order valence-corrected chi connectivity index (χ0v) is 23.7. The summed E-state index contributed by atoms with van der Waals surface area (Å²) in [7, 11) is -2.83. The largest absolute Gasteiger partial charge is 0.482 e. The number of guanidine groups is 1. The van der Waals surface area contributed by atoms with Gasteiger partial charge in [0.1, 0.15) is 29.7 Å². The summed E-state index contributed by atoms with van der Waals surface area (Å²) in [6.07, 6.45) is -3.05. The number of benzene rings is 1. The Hall–Kier alpha value is -3.72. The second-order valence-electron chi connectivity index (χ2n) is 9.40. The molecular weight excluding hydrogens is 561 g/mol. The lowest BCUT2D eigenvalue weighted by Gasteiger charge is -2.37. The van der Waals surface area contributed by atoms with Crippen molar-refractivity contribution in [3.05, 3.63) is 40.8 Å². The molecule has 4 N–H and O–H groups in total. The van der Waals surface area contributed by atoms with Crippen LogP contribution < -0.4 is 15.3 Å². The van der Waals surface area contributed by atoms with E-state index >= 15 is 0 Å². The van der Waals surface area contributed by atoms with Gasteiger partial charge >= 0.3 is 13.7 Å². The number of nitrogens with one attached hydrogen (secondary N) is 1. The Bertz CT molecular complexity index is 1310. The molecule has 0 aromatic heterocycles. The van der Waals surface area contributed by atoms with Crippen molar-refractivity contribution in [1.29, 1.82) is 0 Å². The third kappa shape index (κ3) is 6.30. The van der Waals surface area contributed by atoms with E-state index in [0.717, 1.165) is 0 Å². The number of hydrogen-bond acceptors (Lipinski definition) is 14. The number of nitrogens with two attached hydrogens (primary N) is 1. The van der Waals surface area contributed by atoms with Crippen molar-refractivity contribution in [2.24, 2.45) is 25.8 Å². The summed E-state index contributed by atoms with van der Waals surface area (Å²) in [4.78, 5) is 29.4. The molecule has 3 aliphatic heterocycles. The third-order valence-corrected chi connectivity index (χ3v) is 8.20. The molecule has 0 spiro atoms. The van der Waals surface area contributed by atoms with Crippen molar-refractivity contribution in [2.75, 3.05) is 20.3 Å². The van der Waals surface area contributed by atoms with E-state index in [4.69, 9.17) is 29.0 Å². The fourth-order valence-corrected chi connectivity index (χ4v) is 6.04. The molecule has 17 nitrogen and oxygen atoms in total. The lowest BCUT2D eigenvalue weighted by atomic mass is 9.92. The SMILES string of the molecule is CCOC(=O)[C@H](C)NP(=O)(OC[C@H]1O[C@@H](N2C=NC3C(OC)=NC(N)=NC32)[C@](C)(N=[N+]=[N-])[C@@H]1O)Oc1ccccc1. The fraction of sp³-hybridized carbons (Fsp3) is 0.565. The van der Waals surface area contributed by atoms with Crippen molar-refractivity contribution in [1.82, 2.24) is 9.99 Å². The first-order valence-electron chi connectivity index (χ1n) is 12.6. The standard InChI is InChI=1S/C23H32N9O8P/c1-5-37-20(34)13(2)29-41(35,40-14-9-7-6-8-10-14)38-11-15-17(33)23(3,30-31-25)21(39-15)32-12-26-16-18(32)27-22(24)28-19(16)36-4/h6-10,12-13,15-18,21,33H,5,11H2,1-4H3,(H2,24,27)(H,29,35)/t13-,15+,16?,17+,18?,21+,23+,41?/m0/s1. The van der Waals surface area contributed by atoms with Gasteiger partial charge in [0.05, 0.1) is 32.8 Å². The highest BCUT2D eigenvalue weighted by atomic mass is 31.2. The Labute approximate surface area is 235 Å². The number of aliphatic imine (C=N–C) groups is 3. The molecule has 18 heteroatoms. The van der Waals surface area contributed by atoms with Crippen molar-refractivity contribution < 1.29 is 37.7 Å². The van der Waals surface area contributed by atoms with Crippen molar-refractivity contribution >= 4 is 31.9 Å². The first-order chi connectivity index (χ1) is 19.5. The predicted octanol–water partition coefficient (Wildman–Crippen LogP) is 1.30. The number of aliphatic hydroxyl groups excluding tert-OH is 1. The normalized spacial score (nSPS) is 30.8. The van der Waals surface area contributed by atoms with Crippen LogP contribution >= 0.6 is 7.75 Å². The van der Waals surface area contributed by atoms with E-state index in [-0.39, 0.29) is 24.2 Å².